The van der Waals surface area contributed by atoms with Gasteiger partial charge >= 0.3 is 0 Å². The Hall–Kier alpha value is -8.89. The standard InChI is InChI=1S/C70H50N4O.Pt/c1-70(2,3)53-41-42-71-67(44-53)74-63-36-17-16-31-61(63)62-39-38-56(46-65(62)74)75-55-30-18-29-54(45-55)72-47-73(69-59(50-25-12-6-13-26-50)34-20-35-60(69)51-27-14-7-15-28-51)66-43-52(37-40-64(66)72)68-57(48-21-8-4-9-22-48)32-19-33-58(68)49-23-10-5-11-24-49;/h4-44H,1-3H3;/q-2;/i6D,7D,12D,13D,14D,15D,25D,26D,27D,28D;. The molecule has 13 rings (SSSR count). The van der Waals surface area contributed by atoms with Gasteiger partial charge < -0.3 is 13.9 Å². The summed E-state index contributed by atoms with van der Waals surface area (Å²) < 4.78 is 102. The Morgan fingerprint density at radius 3 is 1.78 bits per heavy atom. The van der Waals surface area contributed by atoms with Crippen molar-refractivity contribution < 1.29 is 44.1 Å². The molecule has 6 heteroatoms. The number of hydrogen-bond acceptors (Lipinski definition) is 2. The number of para-hydroxylation sites is 2. The first-order valence-corrected chi connectivity index (χ1v) is 24.6. The number of ether oxygens (including phenoxy) is 1. The summed E-state index contributed by atoms with van der Waals surface area (Å²) in [5.41, 5.74) is 9.81. The van der Waals surface area contributed by atoms with Crippen LogP contribution in [0.3, 0.4) is 0 Å². The third kappa shape index (κ3) is 8.83. The SMILES string of the molecule is [2H]c1c([2H])c([2H])c(-c2cccc(-c3c([2H])c([2H])c([2H])c([2H])c3[2H])c2-[n+]2[c-]n(-c3[c-]c(Oc4[c-]c5c(cc4)c4ccccc4n5-c4cc(C(C)(C)C)ccn4)ccc3)c3ccc(-c4c(-c5ccccc5)cccc4-c4ccccc4)cc32)c([2H])c1[2H].[Pt]. The fourth-order valence-electron chi connectivity index (χ4n) is 10.1. The number of imidazole rings is 1. The van der Waals surface area contributed by atoms with Crippen LogP contribution in [0.2, 0.25) is 0 Å². The summed E-state index contributed by atoms with van der Waals surface area (Å²) in [7, 11) is 0. The van der Waals surface area contributed by atoms with Gasteiger partial charge in [-0.25, -0.2) is 4.98 Å². The smallest absolute Gasteiger partial charge is 0.268 e. The Bertz CT molecular complexity index is 4660. The first kappa shape index (κ1) is 37.8. The van der Waals surface area contributed by atoms with Gasteiger partial charge in [0.15, 0.2) is 0 Å². The molecule has 0 saturated carbocycles. The van der Waals surface area contributed by atoms with Gasteiger partial charge in [0.05, 0.1) is 30.4 Å². The van der Waals surface area contributed by atoms with Crippen LogP contribution in [0, 0.1) is 18.5 Å². The van der Waals surface area contributed by atoms with Crippen molar-refractivity contribution in [3.63, 3.8) is 0 Å². The van der Waals surface area contributed by atoms with Gasteiger partial charge in [-0.2, -0.15) is 18.2 Å². The minimum atomic E-state index is -0.589. The van der Waals surface area contributed by atoms with E-state index in [0.29, 0.717) is 28.2 Å². The predicted molar refractivity (Wildman–Crippen MR) is 306 cm³/mol. The first-order valence-electron chi connectivity index (χ1n) is 29.6. The van der Waals surface area contributed by atoms with Crippen LogP contribution < -0.4 is 9.30 Å². The number of benzene rings is 10. The second kappa shape index (κ2) is 20.1. The molecule has 3 heterocycles. The fourth-order valence-corrected chi connectivity index (χ4v) is 10.1. The molecule has 0 bridgehead atoms. The molecular weight excluding hydrogens is 1110 g/mol. The average Bonchev–Trinajstić information content (AvgIpc) is 1.51. The summed E-state index contributed by atoms with van der Waals surface area (Å²) in [5.74, 6) is 1.50. The molecule has 10 aromatic carbocycles. The summed E-state index contributed by atoms with van der Waals surface area (Å²) in [6.07, 6.45) is 5.40. The number of nitrogens with zero attached hydrogens (tertiary/aromatic N) is 4. The first-order chi connectivity index (χ1) is 41.0. The molecule has 0 aliphatic rings. The number of hydrogen-bond donors (Lipinski definition) is 0. The van der Waals surface area contributed by atoms with Crippen LogP contribution in [0.15, 0.2) is 249 Å². The van der Waals surface area contributed by atoms with Crippen molar-refractivity contribution in [1.29, 1.82) is 0 Å². The largest absolute Gasteiger partial charge is 0.510 e. The zero-order valence-electron chi connectivity index (χ0n) is 51.4. The van der Waals surface area contributed by atoms with Crippen LogP contribution in [0.5, 0.6) is 11.5 Å². The molecule has 76 heavy (non-hydrogen) atoms. The second-order valence-electron chi connectivity index (χ2n) is 19.2. The van der Waals surface area contributed by atoms with Gasteiger partial charge in [0.1, 0.15) is 5.82 Å². The summed E-state index contributed by atoms with van der Waals surface area (Å²) in [6, 6.07) is 60.4. The maximum absolute atomic E-state index is 9.34. The molecule has 0 fully saturated rings. The number of fused-ring (bicyclic) bond motifs is 4. The van der Waals surface area contributed by atoms with Gasteiger partial charge in [0.25, 0.3) is 6.33 Å². The molecule has 5 nitrogen and oxygen atoms in total. The summed E-state index contributed by atoms with van der Waals surface area (Å²) in [5, 5.41) is 2.00. The Kier molecular flexibility index (Phi) is 9.99. The van der Waals surface area contributed by atoms with Gasteiger partial charge in [0, 0.05) is 44.3 Å². The van der Waals surface area contributed by atoms with E-state index in [1.165, 1.54) is 0 Å². The summed E-state index contributed by atoms with van der Waals surface area (Å²) in [4.78, 5) is 4.85. The molecule has 0 radical (unpaired) electrons. The minimum absolute atomic E-state index is 0. The van der Waals surface area contributed by atoms with Crippen molar-refractivity contribution in [2.45, 2.75) is 26.2 Å². The van der Waals surface area contributed by atoms with E-state index in [9.17, 15) is 5.48 Å². The second-order valence-corrected chi connectivity index (χ2v) is 19.2. The van der Waals surface area contributed by atoms with E-state index in [4.69, 9.17) is 17.9 Å². The maximum Gasteiger partial charge on any atom is 0.268 e. The van der Waals surface area contributed by atoms with E-state index in [1.54, 1.807) is 33.4 Å². The molecule has 0 spiro atoms. The zero-order valence-corrected chi connectivity index (χ0v) is 43.7. The molecule has 0 unspecified atom stereocenters. The van der Waals surface area contributed by atoms with Gasteiger partial charge in [-0.05, 0) is 102 Å². The summed E-state index contributed by atoms with van der Waals surface area (Å²) >= 11 is 0. The van der Waals surface area contributed by atoms with Crippen molar-refractivity contribution in [2.24, 2.45) is 0 Å². The van der Waals surface area contributed by atoms with Crippen molar-refractivity contribution in [1.82, 2.24) is 14.1 Å². The van der Waals surface area contributed by atoms with Crippen molar-refractivity contribution in [3.05, 3.63) is 273 Å². The molecule has 368 valence electrons. The van der Waals surface area contributed by atoms with Crippen LogP contribution >= 0.6 is 0 Å². The molecule has 0 N–H and O–H groups in total. The van der Waals surface area contributed by atoms with E-state index in [-0.39, 0.29) is 54.4 Å². The Morgan fingerprint density at radius 1 is 0.513 bits per heavy atom. The van der Waals surface area contributed by atoms with Gasteiger partial charge in [-0.1, -0.05) is 214 Å². The van der Waals surface area contributed by atoms with Crippen LogP contribution in [0.1, 0.15) is 40.0 Å². The quantitative estimate of drug-likeness (QED) is 0.101. The summed E-state index contributed by atoms with van der Waals surface area (Å²) in [6.45, 7) is 6.52. The molecule has 0 aliphatic heterocycles. The van der Waals surface area contributed by atoms with Gasteiger partial charge in [-0.15, -0.1) is 29.7 Å². The molecular formula is C70H50N4OPt-2. The van der Waals surface area contributed by atoms with Crippen LogP contribution in [0.25, 0.3) is 106 Å². The predicted octanol–water partition coefficient (Wildman–Crippen LogP) is 17.2. The number of rotatable bonds is 10. The molecule has 0 saturated heterocycles. The van der Waals surface area contributed by atoms with Crippen molar-refractivity contribution in [3.8, 4) is 84.3 Å². The van der Waals surface area contributed by atoms with Gasteiger partial charge in [0.2, 0.25) is 0 Å². The van der Waals surface area contributed by atoms with Gasteiger partial charge in [-0.3, -0.25) is 4.57 Å². The molecule has 13 aromatic rings. The fraction of sp³-hybridized carbons (Fsp3) is 0.0571. The molecule has 3 aromatic heterocycles. The van der Waals surface area contributed by atoms with Crippen molar-refractivity contribution >= 4 is 32.8 Å². The third-order valence-corrected chi connectivity index (χ3v) is 13.6. The van der Waals surface area contributed by atoms with Crippen LogP contribution in [0.4, 0.5) is 0 Å². The Morgan fingerprint density at radius 2 is 1.12 bits per heavy atom. The van der Waals surface area contributed by atoms with Crippen molar-refractivity contribution in [2.75, 3.05) is 0 Å². The number of pyridine rings is 1. The topological polar surface area (TPSA) is 35.9 Å². The number of aromatic nitrogens is 4. The zero-order chi connectivity index (χ0) is 59.2. The van der Waals surface area contributed by atoms with E-state index in [1.807, 2.05) is 109 Å². The normalized spacial score (nSPS) is 13.4. The maximum atomic E-state index is 9.34. The Labute approximate surface area is 471 Å². The minimum Gasteiger partial charge on any atom is -0.510 e. The third-order valence-electron chi connectivity index (χ3n) is 13.6. The van der Waals surface area contributed by atoms with E-state index >= 15 is 0 Å². The molecule has 0 aliphatic carbocycles. The average molecular weight is 1170 g/mol. The van der Waals surface area contributed by atoms with E-state index in [2.05, 4.69) is 98.4 Å². The molecule has 0 atom stereocenters. The molecule has 0 amide bonds. The van der Waals surface area contributed by atoms with E-state index in [0.717, 1.165) is 66.6 Å². The monoisotopic (exact) mass is 1170 g/mol. The Balaban J connectivity index is 0.00000724. The van der Waals surface area contributed by atoms with Crippen LogP contribution in [-0.4, -0.2) is 14.1 Å². The van der Waals surface area contributed by atoms with Crippen LogP contribution in [-0.2, 0) is 26.5 Å². The van der Waals surface area contributed by atoms with E-state index < -0.39 is 60.4 Å².